The largest absolute Gasteiger partial charge is 0.346 e. The second-order valence-corrected chi connectivity index (χ2v) is 11.3. The van der Waals surface area contributed by atoms with Crippen molar-refractivity contribution in [1.29, 1.82) is 0 Å². The first-order valence-electron chi connectivity index (χ1n) is 11.0. The van der Waals surface area contributed by atoms with Crippen molar-refractivity contribution in [3.63, 3.8) is 0 Å². The van der Waals surface area contributed by atoms with Gasteiger partial charge in [0, 0.05) is 5.56 Å². The Morgan fingerprint density at radius 1 is 0.909 bits per heavy atom. The molecule has 0 unspecified atom stereocenters. The number of amides is 1. The van der Waals surface area contributed by atoms with E-state index in [-0.39, 0.29) is 23.9 Å². The molecule has 0 saturated heterocycles. The Kier molecular flexibility index (Phi) is 7.28. The van der Waals surface area contributed by atoms with Crippen LogP contribution in [0, 0.1) is 0 Å². The molecule has 6 heteroatoms. The first kappa shape index (κ1) is 24.5. The Balaban J connectivity index is 1.68. The van der Waals surface area contributed by atoms with Crippen LogP contribution in [0.2, 0.25) is 0 Å². The van der Waals surface area contributed by atoms with E-state index in [2.05, 4.69) is 50.4 Å². The number of rotatable bonds is 7. The number of carbonyl (C=O) groups excluding carboxylic acids is 1. The fourth-order valence-corrected chi connectivity index (χ4v) is 4.44. The zero-order chi connectivity index (χ0) is 24.2. The van der Waals surface area contributed by atoms with Crippen LogP contribution in [-0.2, 0) is 22.0 Å². The summed E-state index contributed by atoms with van der Waals surface area (Å²) in [6.45, 7) is 8.67. The van der Waals surface area contributed by atoms with Crippen LogP contribution in [0.15, 0.2) is 78.9 Å². The van der Waals surface area contributed by atoms with Gasteiger partial charge in [-0.25, -0.2) is 8.42 Å². The molecule has 1 atom stereocenters. The van der Waals surface area contributed by atoms with Gasteiger partial charge in [-0.15, -0.1) is 0 Å². The van der Waals surface area contributed by atoms with Gasteiger partial charge < -0.3 is 5.32 Å². The van der Waals surface area contributed by atoms with Gasteiger partial charge in [-0.3, -0.25) is 9.10 Å². The van der Waals surface area contributed by atoms with E-state index >= 15 is 0 Å². The first-order chi connectivity index (χ1) is 15.4. The molecule has 0 spiro atoms. The highest BCUT2D eigenvalue weighted by Crippen LogP contribution is 2.24. The molecule has 3 aromatic carbocycles. The lowest BCUT2D eigenvalue weighted by Crippen LogP contribution is -2.29. The summed E-state index contributed by atoms with van der Waals surface area (Å²) in [5.74, 6) is -0.169. The summed E-state index contributed by atoms with van der Waals surface area (Å²) in [6, 6.07) is 24.2. The van der Waals surface area contributed by atoms with Crippen LogP contribution in [0.3, 0.4) is 0 Å². The third-order valence-electron chi connectivity index (χ3n) is 5.61. The van der Waals surface area contributed by atoms with Gasteiger partial charge >= 0.3 is 0 Å². The molecule has 1 N–H and O–H groups in total. The molecule has 0 heterocycles. The van der Waals surface area contributed by atoms with Gasteiger partial charge in [0.2, 0.25) is 10.0 Å². The standard InChI is InChI=1S/C27H32N2O3S/c1-20(22-15-17-24(18-16-22)27(2,3)4)28-26(30)23-13-11-21(12-14-23)19-29(33(5,31)32)25-9-7-6-8-10-25/h6-18,20H,19H2,1-5H3,(H,28,30)/t20-/m1/s1. The second kappa shape index (κ2) is 9.79. The highest BCUT2D eigenvalue weighted by Gasteiger charge is 2.19. The van der Waals surface area contributed by atoms with Crippen molar-refractivity contribution >= 4 is 21.6 Å². The van der Waals surface area contributed by atoms with Crippen LogP contribution in [0.4, 0.5) is 5.69 Å². The van der Waals surface area contributed by atoms with E-state index in [9.17, 15) is 13.2 Å². The molecule has 0 saturated carbocycles. The molecule has 0 aliphatic carbocycles. The molecule has 0 fully saturated rings. The summed E-state index contributed by atoms with van der Waals surface area (Å²) in [4.78, 5) is 12.8. The monoisotopic (exact) mass is 464 g/mol. The van der Waals surface area contributed by atoms with E-state index in [0.29, 0.717) is 11.3 Å². The molecular formula is C27H32N2O3S. The molecule has 3 aromatic rings. The first-order valence-corrected chi connectivity index (χ1v) is 12.8. The average Bonchev–Trinajstić information content (AvgIpc) is 2.77. The number of para-hydroxylation sites is 1. The van der Waals surface area contributed by atoms with Gasteiger partial charge in [0.25, 0.3) is 5.91 Å². The molecule has 174 valence electrons. The van der Waals surface area contributed by atoms with Crippen molar-refractivity contribution in [2.75, 3.05) is 10.6 Å². The number of nitrogens with one attached hydrogen (secondary N) is 1. The molecule has 0 aliphatic heterocycles. The maximum absolute atomic E-state index is 12.8. The molecule has 0 aliphatic rings. The van der Waals surface area contributed by atoms with Gasteiger partial charge in [-0.05, 0) is 53.3 Å². The normalized spacial score (nSPS) is 12.8. The molecule has 0 aromatic heterocycles. The highest BCUT2D eigenvalue weighted by molar-refractivity contribution is 7.92. The van der Waals surface area contributed by atoms with E-state index in [1.807, 2.05) is 13.0 Å². The summed E-state index contributed by atoms with van der Waals surface area (Å²) in [5.41, 5.74) is 4.31. The molecular weight excluding hydrogens is 432 g/mol. The Bertz CT molecular complexity index is 1180. The lowest BCUT2D eigenvalue weighted by molar-refractivity contribution is 0.0940. The summed E-state index contributed by atoms with van der Waals surface area (Å²) in [7, 11) is -3.45. The van der Waals surface area contributed by atoms with Crippen molar-refractivity contribution in [2.24, 2.45) is 0 Å². The second-order valence-electron chi connectivity index (χ2n) is 9.37. The van der Waals surface area contributed by atoms with Crippen LogP contribution in [0.1, 0.15) is 60.8 Å². The van der Waals surface area contributed by atoms with Crippen molar-refractivity contribution < 1.29 is 13.2 Å². The minimum absolute atomic E-state index is 0.0833. The van der Waals surface area contributed by atoms with Crippen molar-refractivity contribution in [3.05, 3.63) is 101 Å². The van der Waals surface area contributed by atoms with Crippen LogP contribution >= 0.6 is 0 Å². The summed E-state index contributed by atoms with van der Waals surface area (Å²) >= 11 is 0. The number of anilines is 1. The molecule has 3 rings (SSSR count). The quantitative estimate of drug-likeness (QED) is 0.506. The van der Waals surface area contributed by atoms with E-state index in [1.165, 1.54) is 16.1 Å². The van der Waals surface area contributed by atoms with Crippen LogP contribution in [0.25, 0.3) is 0 Å². The minimum atomic E-state index is -3.45. The van der Waals surface area contributed by atoms with Crippen LogP contribution < -0.4 is 9.62 Å². The Labute approximate surface area is 197 Å². The summed E-state index contributed by atoms with van der Waals surface area (Å²) in [5, 5.41) is 3.04. The van der Waals surface area contributed by atoms with Gasteiger partial charge in [-0.1, -0.05) is 75.4 Å². The smallest absolute Gasteiger partial charge is 0.251 e. The summed E-state index contributed by atoms with van der Waals surface area (Å²) < 4.78 is 26.0. The van der Waals surface area contributed by atoms with Gasteiger partial charge in [-0.2, -0.15) is 0 Å². The number of sulfonamides is 1. The Hall–Kier alpha value is -3.12. The molecule has 0 bridgehead atoms. The number of nitrogens with zero attached hydrogens (tertiary/aromatic N) is 1. The lowest BCUT2D eigenvalue weighted by Gasteiger charge is -2.22. The zero-order valence-electron chi connectivity index (χ0n) is 19.9. The fraction of sp³-hybridized carbons (Fsp3) is 0.296. The lowest BCUT2D eigenvalue weighted by atomic mass is 9.86. The van der Waals surface area contributed by atoms with E-state index in [0.717, 1.165) is 11.1 Å². The predicted molar refractivity (Wildman–Crippen MR) is 135 cm³/mol. The van der Waals surface area contributed by atoms with E-state index < -0.39 is 10.0 Å². The SMILES string of the molecule is C[C@@H](NC(=O)c1ccc(CN(c2ccccc2)S(C)(=O)=O)cc1)c1ccc(C(C)(C)C)cc1. The molecule has 0 radical (unpaired) electrons. The van der Waals surface area contributed by atoms with Gasteiger partial charge in [0.15, 0.2) is 0 Å². The Morgan fingerprint density at radius 2 is 1.48 bits per heavy atom. The van der Waals surface area contributed by atoms with Gasteiger partial charge in [0.1, 0.15) is 0 Å². The maximum Gasteiger partial charge on any atom is 0.251 e. The van der Waals surface area contributed by atoms with Crippen molar-refractivity contribution in [1.82, 2.24) is 5.32 Å². The third kappa shape index (κ3) is 6.45. The number of hydrogen-bond donors (Lipinski definition) is 1. The van der Waals surface area contributed by atoms with Crippen molar-refractivity contribution in [2.45, 2.75) is 45.7 Å². The maximum atomic E-state index is 12.8. The van der Waals surface area contributed by atoms with Crippen LogP contribution in [-0.4, -0.2) is 20.6 Å². The number of benzene rings is 3. The predicted octanol–water partition coefficient (Wildman–Crippen LogP) is 5.44. The van der Waals surface area contributed by atoms with Gasteiger partial charge in [0.05, 0.1) is 24.5 Å². The summed E-state index contributed by atoms with van der Waals surface area (Å²) in [6.07, 6.45) is 1.19. The van der Waals surface area contributed by atoms with Crippen LogP contribution in [0.5, 0.6) is 0 Å². The topological polar surface area (TPSA) is 66.5 Å². The number of hydrogen-bond acceptors (Lipinski definition) is 3. The highest BCUT2D eigenvalue weighted by atomic mass is 32.2. The van der Waals surface area contributed by atoms with E-state index in [1.54, 1.807) is 48.5 Å². The Morgan fingerprint density at radius 3 is 2.00 bits per heavy atom. The molecule has 1 amide bonds. The van der Waals surface area contributed by atoms with Crippen molar-refractivity contribution in [3.8, 4) is 0 Å². The molecule has 33 heavy (non-hydrogen) atoms. The van der Waals surface area contributed by atoms with E-state index in [4.69, 9.17) is 0 Å². The minimum Gasteiger partial charge on any atom is -0.346 e. The average molecular weight is 465 g/mol. The fourth-order valence-electron chi connectivity index (χ4n) is 3.56. The third-order valence-corrected chi connectivity index (χ3v) is 6.75. The zero-order valence-corrected chi connectivity index (χ0v) is 20.7. The molecule has 5 nitrogen and oxygen atoms in total. The number of carbonyl (C=O) groups is 1.